The molecule has 1 saturated heterocycles. The Morgan fingerprint density at radius 2 is 2.37 bits per heavy atom. The molecular weight excluding hydrogens is 244 g/mol. The Hall–Kier alpha value is -1.85. The van der Waals surface area contributed by atoms with Crippen LogP contribution in [0.4, 0.5) is 0 Å². The first kappa shape index (κ1) is 13.6. The Kier molecular flexibility index (Phi) is 3.87. The lowest BCUT2D eigenvalue weighted by Crippen LogP contribution is -2.46. The van der Waals surface area contributed by atoms with Crippen LogP contribution in [0.25, 0.3) is 0 Å². The molecule has 2 heterocycles. The highest BCUT2D eigenvalue weighted by Crippen LogP contribution is 2.16. The lowest BCUT2D eigenvalue weighted by molar-refractivity contribution is -0.142. The van der Waals surface area contributed by atoms with Gasteiger partial charge in [-0.3, -0.25) is 14.7 Å². The van der Waals surface area contributed by atoms with Crippen molar-refractivity contribution in [1.82, 2.24) is 20.0 Å². The van der Waals surface area contributed by atoms with Crippen LogP contribution in [0.5, 0.6) is 0 Å². The first-order valence-corrected chi connectivity index (χ1v) is 6.54. The van der Waals surface area contributed by atoms with Crippen LogP contribution in [0.1, 0.15) is 31.0 Å². The van der Waals surface area contributed by atoms with Crippen LogP contribution in [0.15, 0.2) is 6.20 Å². The van der Waals surface area contributed by atoms with E-state index in [0.717, 1.165) is 17.7 Å². The number of likely N-dealkylation sites (tertiary alicyclic amines) is 1. The fourth-order valence-electron chi connectivity index (χ4n) is 2.40. The molecule has 1 atom stereocenters. The smallest absolute Gasteiger partial charge is 0.245 e. The predicted molar refractivity (Wildman–Crippen MR) is 70.2 cm³/mol. The highest BCUT2D eigenvalue weighted by Gasteiger charge is 2.31. The Balaban J connectivity index is 1.99. The van der Waals surface area contributed by atoms with Crippen LogP contribution in [-0.2, 0) is 16.1 Å². The molecule has 0 saturated carbocycles. The number of H-pyrrole nitrogens is 1. The van der Waals surface area contributed by atoms with Gasteiger partial charge in [0.25, 0.3) is 0 Å². The Labute approximate surface area is 112 Å². The topological polar surface area (TPSA) is 69.3 Å². The zero-order valence-corrected chi connectivity index (χ0v) is 11.6. The number of carbonyl (C=O) groups excluding carboxylic acids is 2. The summed E-state index contributed by atoms with van der Waals surface area (Å²) in [4.78, 5) is 27.3. The standard InChI is InChI=1S/C13H20N4O2/c1-9-11(7-14-15-9)8-16(3)13(19)10(2)17-6-4-5-12(17)18/h7,10H,4-6,8H2,1-3H3,(H,14,15)/t10-/m1/s1. The summed E-state index contributed by atoms with van der Waals surface area (Å²) < 4.78 is 0. The zero-order valence-electron chi connectivity index (χ0n) is 11.6. The van der Waals surface area contributed by atoms with E-state index >= 15 is 0 Å². The second-order valence-electron chi connectivity index (χ2n) is 5.08. The van der Waals surface area contributed by atoms with Crippen LogP contribution in [0, 0.1) is 6.92 Å². The van der Waals surface area contributed by atoms with E-state index in [1.54, 1.807) is 30.0 Å². The number of aromatic nitrogens is 2. The maximum absolute atomic E-state index is 12.3. The monoisotopic (exact) mass is 264 g/mol. The van der Waals surface area contributed by atoms with E-state index in [1.807, 2.05) is 6.92 Å². The van der Waals surface area contributed by atoms with Gasteiger partial charge in [-0.15, -0.1) is 0 Å². The van der Waals surface area contributed by atoms with E-state index in [2.05, 4.69) is 10.2 Å². The van der Waals surface area contributed by atoms with Gasteiger partial charge in [0.05, 0.1) is 6.20 Å². The zero-order chi connectivity index (χ0) is 14.0. The number of nitrogens with zero attached hydrogens (tertiary/aromatic N) is 3. The number of hydrogen-bond donors (Lipinski definition) is 1. The van der Waals surface area contributed by atoms with E-state index in [1.165, 1.54) is 0 Å². The van der Waals surface area contributed by atoms with Gasteiger partial charge in [-0.1, -0.05) is 0 Å². The fourth-order valence-corrected chi connectivity index (χ4v) is 2.40. The van der Waals surface area contributed by atoms with Crippen molar-refractivity contribution in [1.29, 1.82) is 0 Å². The second kappa shape index (κ2) is 5.42. The molecule has 1 aliphatic heterocycles. The number of amides is 2. The van der Waals surface area contributed by atoms with Crippen molar-refractivity contribution in [2.45, 2.75) is 39.3 Å². The summed E-state index contributed by atoms with van der Waals surface area (Å²) in [5.74, 6) is 0.0459. The molecule has 6 nitrogen and oxygen atoms in total. The largest absolute Gasteiger partial charge is 0.340 e. The quantitative estimate of drug-likeness (QED) is 0.869. The maximum Gasteiger partial charge on any atom is 0.245 e. The molecular formula is C13H20N4O2. The molecule has 6 heteroatoms. The molecule has 1 aliphatic rings. The number of carbonyl (C=O) groups is 2. The van der Waals surface area contributed by atoms with E-state index in [4.69, 9.17) is 0 Å². The third kappa shape index (κ3) is 2.77. The van der Waals surface area contributed by atoms with Gasteiger partial charge in [0.15, 0.2) is 0 Å². The third-order valence-corrected chi connectivity index (χ3v) is 3.65. The molecule has 0 aliphatic carbocycles. The first-order valence-electron chi connectivity index (χ1n) is 6.54. The summed E-state index contributed by atoms with van der Waals surface area (Å²) in [6, 6.07) is -0.382. The van der Waals surface area contributed by atoms with Crippen molar-refractivity contribution >= 4 is 11.8 Å². The van der Waals surface area contributed by atoms with Crippen LogP contribution in [0.3, 0.4) is 0 Å². The van der Waals surface area contributed by atoms with Crippen LogP contribution >= 0.6 is 0 Å². The van der Waals surface area contributed by atoms with Crippen molar-refractivity contribution < 1.29 is 9.59 Å². The van der Waals surface area contributed by atoms with Crippen LogP contribution in [0.2, 0.25) is 0 Å². The SMILES string of the molecule is Cc1[nH]ncc1CN(C)C(=O)[C@@H](C)N1CCCC1=O. The Bertz CT molecular complexity index is 483. The summed E-state index contributed by atoms with van der Waals surface area (Å²) >= 11 is 0. The van der Waals surface area contributed by atoms with Gasteiger partial charge < -0.3 is 9.80 Å². The number of aromatic amines is 1. The molecule has 0 aromatic carbocycles. The molecule has 19 heavy (non-hydrogen) atoms. The molecule has 1 aromatic heterocycles. The Morgan fingerprint density at radius 3 is 2.89 bits per heavy atom. The highest BCUT2D eigenvalue weighted by molar-refractivity contribution is 5.88. The van der Waals surface area contributed by atoms with Gasteiger partial charge in [-0.25, -0.2) is 0 Å². The van der Waals surface area contributed by atoms with Gasteiger partial charge in [0.1, 0.15) is 6.04 Å². The lowest BCUT2D eigenvalue weighted by Gasteiger charge is -2.27. The van der Waals surface area contributed by atoms with Crippen LogP contribution in [-0.4, -0.2) is 51.4 Å². The number of nitrogens with one attached hydrogen (secondary N) is 1. The van der Waals surface area contributed by atoms with Crippen molar-refractivity contribution in [3.05, 3.63) is 17.5 Å². The van der Waals surface area contributed by atoms with Crippen molar-refractivity contribution in [3.63, 3.8) is 0 Å². The Morgan fingerprint density at radius 1 is 1.63 bits per heavy atom. The minimum absolute atomic E-state index is 0.0316. The molecule has 2 rings (SSSR count). The van der Waals surface area contributed by atoms with Crippen molar-refractivity contribution in [2.75, 3.05) is 13.6 Å². The fraction of sp³-hybridized carbons (Fsp3) is 0.615. The molecule has 0 bridgehead atoms. The van der Waals surface area contributed by atoms with Gasteiger partial charge in [0, 0.05) is 37.8 Å². The normalized spacial score (nSPS) is 16.8. The van der Waals surface area contributed by atoms with Crippen molar-refractivity contribution in [3.8, 4) is 0 Å². The second-order valence-corrected chi connectivity index (χ2v) is 5.08. The molecule has 0 spiro atoms. The average Bonchev–Trinajstić information content (AvgIpc) is 2.97. The number of hydrogen-bond acceptors (Lipinski definition) is 3. The highest BCUT2D eigenvalue weighted by atomic mass is 16.2. The van der Waals surface area contributed by atoms with E-state index in [9.17, 15) is 9.59 Å². The van der Waals surface area contributed by atoms with Gasteiger partial charge in [-0.05, 0) is 20.3 Å². The summed E-state index contributed by atoms with van der Waals surface area (Å²) in [5.41, 5.74) is 1.96. The summed E-state index contributed by atoms with van der Waals surface area (Å²) in [6.07, 6.45) is 3.13. The molecule has 0 unspecified atom stereocenters. The molecule has 0 radical (unpaired) electrons. The average molecular weight is 264 g/mol. The van der Waals surface area contributed by atoms with E-state index < -0.39 is 0 Å². The van der Waals surface area contributed by atoms with Crippen molar-refractivity contribution in [2.24, 2.45) is 0 Å². The molecule has 1 fully saturated rings. The minimum Gasteiger partial charge on any atom is -0.340 e. The lowest BCUT2D eigenvalue weighted by atomic mass is 10.2. The number of rotatable bonds is 4. The van der Waals surface area contributed by atoms with Crippen LogP contribution < -0.4 is 0 Å². The molecule has 1 N–H and O–H groups in total. The minimum atomic E-state index is -0.382. The van der Waals surface area contributed by atoms with Gasteiger partial charge in [0.2, 0.25) is 11.8 Å². The third-order valence-electron chi connectivity index (χ3n) is 3.65. The van der Waals surface area contributed by atoms with E-state index in [0.29, 0.717) is 19.5 Å². The molecule has 1 aromatic rings. The van der Waals surface area contributed by atoms with Gasteiger partial charge in [-0.2, -0.15) is 5.10 Å². The maximum atomic E-state index is 12.3. The van der Waals surface area contributed by atoms with Gasteiger partial charge >= 0.3 is 0 Å². The number of likely N-dealkylation sites (N-methyl/N-ethyl adjacent to an activating group) is 1. The first-order chi connectivity index (χ1) is 9.00. The summed E-state index contributed by atoms with van der Waals surface area (Å²) in [6.45, 7) is 4.91. The van der Waals surface area contributed by atoms with E-state index in [-0.39, 0.29) is 17.9 Å². The predicted octanol–water partition coefficient (Wildman–Crippen LogP) is 0.687. The number of aryl methyl sites for hydroxylation is 1. The summed E-state index contributed by atoms with van der Waals surface area (Å²) in [7, 11) is 1.76. The molecule has 104 valence electrons. The summed E-state index contributed by atoms with van der Waals surface area (Å²) in [5, 5.41) is 6.79. The molecule has 2 amide bonds.